The van der Waals surface area contributed by atoms with Gasteiger partial charge in [0.2, 0.25) is 5.95 Å². The molecule has 5 heteroatoms. The molecule has 66 valence electrons. The van der Waals surface area contributed by atoms with E-state index in [9.17, 15) is 4.39 Å². The highest BCUT2D eigenvalue weighted by Crippen LogP contribution is 2.21. The molecule has 0 saturated carbocycles. The number of nitrogen functional groups attached to an aromatic ring is 1. The summed E-state index contributed by atoms with van der Waals surface area (Å²) < 4.78 is 12.8. The van der Waals surface area contributed by atoms with Crippen molar-refractivity contribution in [1.82, 2.24) is 9.97 Å². The van der Waals surface area contributed by atoms with E-state index in [-0.39, 0.29) is 16.9 Å². The molecule has 0 aliphatic heterocycles. The molecule has 1 aromatic heterocycles. The van der Waals surface area contributed by atoms with Gasteiger partial charge in [-0.15, -0.1) is 0 Å². The van der Waals surface area contributed by atoms with Crippen molar-refractivity contribution in [2.75, 3.05) is 5.73 Å². The summed E-state index contributed by atoms with van der Waals surface area (Å²) in [6.07, 6.45) is 0. The fourth-order valence-corrected chi connectivity index (χ4v) is 1.33. The molecular formula is C8H5ClFN3. The summed E-state index contributed by atoms with van der Waals surface area (Å²) in [7, 11) is 0. The number of nitrogens with zero attached hydrogens (tertiary/aromatic N) is 2. The van der Waals surface area contributed by atoms with Crippen molar-refractivity contribution < 1.29 is 4.39 Å². The van der Waals surface area contributed by atoms with Gasteiger partial charge in [-0.25, -0.2) is 14.4 Å². The molecule has 1 aromatic carbocycles. The molecule has 3 nitrogen and oxygen atoms in total. The molecule has 1 heterocycles. The van der Waals surface area contributed by atoms with E-state index in [1.807, 2.05) is 0 Å². The normalized spacial score (nSPS) is 10.6. The Morgan fingerprint density at radius 3 is 2.85 bits per heavy atom. The molecule has 0 aliphatic rings. The first-order chi connectivity index (χ1) is 6.16. The average Bonchev–Trinajstić information content (AvgIpc) is 2.02. The summed E-state index contributed by atoms with van der Waals surface area (Å²) in [4.78, 5) is 7.58. The fraction of sp³-hybridized carbons (Fsp3) is 0. The second-order valence-corrected chi connectivity index (χ2v) is 2.89. The van der Waals surface area contributed by atoms with Gasteiger partial charge in [-0.3, -0.25) is 0 Å². The number of fused-ring (bicyclic) bond motifs is 1. The van der Waals surface area contributed by atoms with Crippen molar-refractivity contribution >= 4 is 28.5 Å². The van der Waals surface area contributed by atoms with E-state index in [1.165, 1.54) is 18.2 Å². The van der Waals surface area contributed by atoms with Crippen LogP contribution in [0.1, 0.15) is 0 Å². The Balaban J connectivity index is 2.86. The first-order valence-electron chi connectivity index (χ1n) is 3.55. The van der Waals surface area contributed by atoms with E-state index in [0.717, 1.165) is 0 Å². The Morgan fingerprint density at radius 1 is 1.31 bits per heavy atom. The number of halogens is 2. The lowest BCUT2D eigenvalue weighted by Crippen LogP contribution is -1.95. The monoisotopic (exact) mass is 197 g/mol. The molecule has 0 spiro atoms. The maximum absolute atomic E-state index is 12.8. The Morgan fingerprint density at radius 2 is 2.08 bits per heavy atom. The third kappa shape index (κ3) is 1.40. The summed E-state index contributed by atoms with van der Waals surface area (Å²) in [5.41, 5.74) is 5.76. The standard InChI is InChI=1S/C8H5ClFN3/c9-7-5-2-1-4(10)3-6(5)12-8(11)13-7/h1-3H,(H2,11,12,13). The lowest BCUT2D eigenvalue weighted by Gasteiger charge is -1.99. The van der Waals surface area contributed by atoms with Gasteiger partial charge in [-0.2, -0.15) is 0 Å². The summed E-state index contributed by atoms with van der Waals surface area (Å²) in [6, 6.07) is 4.08. The second-order valence-electron chi connectivity index (χ2n) is 2.53. The van der Waals surface area contributed by atoms with Crippen LogP contribution in [0.3, 0.4) is 0 Å². The zero-order valence-corrected chi connectivity index (χ0v) is 7.22. The minimum Gasteiger partial charge on any atom is -0.368 e. The zero-order valence-electron chi connectivity index (χ0n) is 6.46. The van der Waals surface area contributed by atoms with Crippen LogP contribution in [0.5, 0.6) is 0 Å². The van der Waals surface area contributed by atoms with Gasteiger partial charge in [-0.1, -0.05) is 11.6 Å². The largest absolute Gasteiger partial charge is 0.368 e. The van der Waals surface area contributed by atoms with Crippen LogP contribution < -0.4 is 5.73 Å². The number of nitrogens with two attached hydrogens (primary N) is 1. The molecule has 2 aromatic rings. The predicted octanol–water partition coefficient (Wildman–Crippen LogP) is 2.00. The van der Waals surface area contributed by atoms with Crippen LogP contribution in [0.4, 0.5) is 10.3 Å². The number of hydrogen-bond donors (Lipinski definition) is 1. The lowest BCUT2D eigenvalue weighted by atomic mass is 10.2. The highest BCUT2D eigenvalue weighted by Gasteiger charge is 2.04. The Hall–Kier alpha value is -1.42. The predicted molar refractivity (Wildman–Crippen MR) is 48.9 cm³/mol. The number of anilines is 1. The van der Waals surface area contributed by atoms with Gasteiger partial charge < -0.3 is 5.73 Å². The van der Waals surface area contributed by atoms with E-state index in [4.69, 9.17) is 17.3 Å². The molecule has 0 bridgehead atoms. The van der Waals surface area contributed by atoms with Crippen LogP contribution >= 0.6 is 11.6 Å². The molecule has 2 N–H and O–H groups in total. The van der Waals surface area contributed by atoms with Crippen LogP contribution in [0.25, 0.3) is 10.9 Å². The second kappa shape index (κ2) is 2.81. The van der Waals surface area contributed by atoms with Gasteiger partial charge in [0, 0.05) is 11.5 Å². The van der Waals surface area contributed by atoms with Gasteiger partial charge in [-0.05, 0) is 12.1 Å². The highest BCUT2D eigenvalue weighted by atomic mass is 35.5. The fourth-order valence-electron chi connectivity index (χ4n) is 1.08. The molecule has 0 unspecified atom stereocenters. The van der Waals surface area contributed by atoms with Crippen LogP contribution in [0.2, 0.25) is 5.15 Å². The number of aromatic nitrogens is 2. The number of hydrogen-bond acceptors (Lipinski definition) is 3. The summed E-state index contributed by atoms with van der Waals surface area (Å²) in [5, 5.41) is 0.833. The third-order valence-corrected chi connectivity index (χ3v) is 1.92. The molecule has 0 aliphatic carbocycles. The summed E-state index contributed by atoms with van der Waals surface area (Å²) >= 11 is 5.76. The van der Waals surface area contributed by atoms with Crippen molar-refractivity contribution in [2.45, 2.75) is 0 Å². The minimum atomic E-state index is -0.373. The van der Waals surface area contributed by atoms with Crippen LogP contribution in [0, 0.1) is 5.82 Å². The number of rotatable bonds is 0. The Labute approximate surface area is 78.4 Å². The van der Waals surface area contributed by atoms with Crippen molar-refractivity contribution in [3.63, 3.8) is 0 Å². The van der Waals surface area contributed by atoms with Gasteiger partial charge >= 0.3 is 0 Å². The Bertz CT molecular complexity index is 467. The van der Waals surface area contributed by atoms with Crippen LogP contribution in [-0.4, -0.2) is 9.97 Å². The summed E-state index contributed by atoms with van der Waals surface area (Å²) in [5.74, 6) is -0.329. The van der Waals surface area contributed by atoms with Crippen molar-refractivity contribution in [2.24, 2.45) is 0 Å². The van der Waals surface area contributed by atoms with Gasteiger partial charge in [0.1, 0.15) is 11.0 Å². The van der Waals surface area contributed by atoms with E-state index < -0.39 is 0 Å². The zero-order chi connectivity index (χ0) is 9.42. The van der Waals surface area contributed by atoms with E-state index >= 15 is 0 Å². The maximum Gasteiger partial charge on any atom is 0.222 e. The van der Waals surface area contributed by atoms with E-state index in [2.05, 4.69) is 9.97 Å². The number of benzene rings is 1. The first-order valence-corrected chi connectivity index (χ1v) is 3.93. The molecular weight excluding hydrogens is 193 g/mol. The topological polar surface area (TPSA) is 51.8 Å². The molecule has 0 amide bonds. The quantitative estimate of drug-likeness (QED) is 0.658. The highest BCUT2D eigenvalue weighted by molar-refractivity contribution is 6.34. The van der Waals surface area contributed by atoms with E-state index in [1.54, 1.807) is 0 Å². The summed E-state index contributed by atoms with van der Waals surface area (Å²) in [6.45, 7) is 0. The van der Waals surface area contributed by atoms with Crippen molar-refractivity contribution in [1.29, 1.82) is 0 Å². The van der Waals surface area contributed by atoms with Crippen molar-refractivity contribution in [3.8, 4) is 0 Å². The molecule has 2 rings (SSSR count). The average molecular weight is 198 g/mol. The Kier molecular flexibility index (Phi) is 1.77. The molecule has 0 saturated heterocycles. The van der Waals surface area contributed by atoms with Crippen LogP contribution in [0.15, 0.2) is 18.2 Å². The van der Waals surface area contributed by atoms with Gasteiger partial charge in [0.15, 0.2) is 0 Å². The van der Waals surface area contributed by atoms with Crippen LogP contribution in [-0.2, 0) is 0 Å². The molecule has 0 fully saturated rings. The third-order valence-electron chi connectivity index (χ3n) is 1.63. The maximum atomic E-state index is 12.8. The van der Waals surface area contributed by atoms with Gasteiger partial charge in [0.25, 0.3) is 0 Å². The molecule has 0 radical (unpaired) electrons. The smallest absolute Gasteiger partial charge is 0.222 e. The van der Waals surface area contributed by atoms with Gasteiger partial charge in [0.05, 0.1) is 5.52 Å². The SMILES string of the molecule is Nc1nc(Cl)c2ccc(F)cc2n1. The van der Waals surface area contributed by atoms with E-state index in [0.29, 0.717) is 10.9 Å². The molecule has 13 heavy (non-hydrogen) atoms. The van der Waals surface area contributed by atoms with Crippen molar-refractivity contribution in [3.05, 3.63) is 29.2 Å². The lowest BCUT2D eigenvalue weighted by molar-refractivity contribution is 0.629. The first kappa shape index (κ1) is 8.19. The minimum absolute atomic E-state index is 0.0445. The molecule has 0 atom stereocenters.